The normalized spacial score (nSPS) is 18.3. The molecule has 1 saturated heterocycles. The summed E-state index contributed by atoms with van der Waals surface area (Å²) in [6, 6.07) is 6.49. The topological polar surface area (TPSA) is 82.5 Å². The van der Waals surface area contributed by atoms with Crippen LogP contribution >= 0.6 is 0 Å². The molecule has 7 nitrogen and oxygen atoms in total. The number of rotatable bonds is 6. The van der Waals surface area contributed by atoms with E-state index in [0.29, 0.717) is 18.0 Å². The first-order chi connectivity index (χ1) is 11.6. The van der Waals surface area contributed by atoms with E-state index in [1.807, 2.05) is 0 Å². The first kappa shape index (κ1) is 16.8. The Hall–Kier alpha value is -2.06. The molecule has 0 amide bonds. The van der Waals surface area contributed by atoms with Gasteiger partial charge in [0.1, 0.15) is 10.6 Å². The van der Waals surface area contributed by atoms with E-state index in [1.165, 1.54) is 19.4 Å². The van der Waals surface area contributed by atoms with Crippen LogP contribution in [0.1, 0.15) is 19.3 Å². The zero-order chi connectivity index (χ0) is 17.0. The summed E-state index contributed by atoms with van der Waals surface area (Å²) in [7, 11) is -2.29. The minimum atomic E-state index is -3.74. The molecule has 1 aromatic carbocycles. The quantitative estimate of drug-likeness (QED) is 0.863. The maximum atomic E-state index is 12.5. The fourth-order valence-corrected chi connectivity index (χ4v) is 3.93. The molecular weight excluding hydrogens is 330 g/mol. The summed E-state index contributed by atoms with van der Waals surface area (Å²) < 4.78 is 40.1. The van der Waals surface area contributed by atoms with E-state index in [0.717, 1.165) is 25.9 Å². The van der Waals surface area contributed by atoms with Crippen molar-refractivity contribution in [3.8, 4) is 5.75 Å². The van der Waals surface area contributed by atoms with Gasteiger partial charge in [-0.25, -0.2) is 8.42 Å². The van der Waals surface area contributed by atoms with Gasteiger partial charge in [0, 0.05) is 12.8 Å². The highest BCUT2D eigenvalue weighted by Gasteiger charge is 2.20. The van der Waals surface area contributed by atoms with Crippen molar-refractivity contribution in [2.24, 2.45) is 0 Å². The molecule has 1 N–H and O–H groups in total. The fourth-order valence-electron chi connectivity index (χ4n) is 2.73. The Balaban J connectivity index is 1.71. The summed E-state index contributed by atoms with van der Waals surface area (Å²) in [5.41, 5.74) is 0.414. The third kappa shape index (κ3) is 3.88. The van der Waals surface area contributed by atoms with Gasteiger partial charge in [0.15, 0.2) is 0 Å². The largest absolute Gasteiger partial charge is 0.495 e. The van der Waals surface area contributed by atoms with E-state index >= 15 is 0 Å². The standard InChI is InChI=1S/C16H21N3O4S/c1-22-15-7-2-3-8-16(15)24(20,21)18-13-10-17-19(11-13)12-14-6-4-5-9-23-14/h2-3,7-8,10-11,14,18H,4-6,9,12H2,1H3. The van der Waals surface area contributed by atoms with Crippen molar-refractivity contribution in [3.63, 3.8) is 0 Å². The molecule has 0 bridgehead atoms. The summed E-state index contributed by atoms with van der Waals surface area (Å²) in [5, 5.41) is 4.21. The van der Waals surface area contributed by atoms with Crippen LogP contribution in [0.5, 0.6) is 5.75 Å². The molecule has 8 heteroatoms. The Labute approximate surface area is 141 Å². The number of methoxy groups -OCH3 is 1. The van der Waals surface area contributed by atoms with Gasteiger partial charge in [0.05, 0.1) is 31.6 Å². The molecule has 1 atom stereocenters. The van der Waals surface area contributed by atoms with Crippen molar-refractivity contribution < 1.29 is 17.9 Å². The number of nitrogens with zero attached hydrogens (tertiary/aromatic N) is 2. The number of ether oxygens (including phenoxy) is 2. The predicted octanol–water partition coefficient (Wildman–Crippen LogP) is 2.26. The predicted molar refractivity (Wildman–Crippen MR) is 89.6 cm³/mol. The van der Waals surface area contributed by atoms with Crippen molar-refractivity contribution in [1.29, 1.82) is 0 Å². The minimum absolute atomic E-state index is 0.0934. The Bertz CT molecular complexity index is 782. The van der Waals surface area contributed by atoms with Crippen LogP contribution in [0.3, 0.4) is 0 Å². The molecule has 1 aliphatic heterocycles. The van der Waals surface area contributed by atoms with Gasteiger partial charge in [0.25, 0.3) is 10.0 Å². The van der Waals surface area contributed by atoms with Gasteiger partial charge in [-0.1, -0.05) is 12.1 Å². The minimum Gasteiger partial charge on any atom is -0.495 e. The number of hydrogen-bond donors (Lipinski definition) is 1. The second-order valence-electron chi connectivity index (χ2n) is 5.70. The molecule has 0 radical (unpaired) electrons. The number of sulfonamides is 1. The third-order valence-corrected chi connectivity index (χ3v) is 5.33. The van der Waals surface area contributed by atoms with E-state index in [9.17, 15) is 8.42 Å². The Kier molecular flexibility index (Phi) is 5.06. The SMILES string of the molecule is COc1ccccc1S(=O)(=O)Nc1cnn(CC2CCCCO2)c1. The third-order valence-electron chi connectivity index (χ3n) is 3.91. The summed E-state index contributed by atoms with van der Waals surface area (Å²) in [4.78, 5) is 0.0934. The molecular formula is C16H21N3O4S. The van der Waals surface area contributed by atoms with Gasteiger partial charge in [-0.05, 0) is 31.4 Å². The Morgan fingerprint density at radius 3 is 2.96 bits per heavy atom. The molecule has 2 heterocycles. The molecule has 130 valence electrons. The summed E-state index contributed by atoms with van der Waals surface area (Å²) >= 11 is 0. The molecule has 0 spiro atoms. The van der Waals surface area contributed by atoms with Gasteiger partial charge in [-0.3, -0.25) is 9.40 Å². The van der Waals surface area contributed by atoms with Crippen LogP contribution in [-0.4, -0.2) is 38.0 Å². The summed E-state index contributed by atoms with van der Waals surface area (Å²) in [5.74, 6) is 0.299. The molecule has 0 saturated carbocycles. The molecule has 1 aromatic heterocycles. The second kappa shape index (κ2) is 7.23. The summed E-state index contributed by atoms with van der Waals surface area (Å²) in [6.07, 6.45) is 6.55. The molecule has 0 aliphatic carbocycles. The van der Waals surface area contributed by atoms with Crippen LogP contribution in [0.4, 0.5) is 5.69 Å². The highest BCUT2D eigenvalue weighted by Crippen LogP contribution is 2.25. The molecule has 2 aromatic rings. The zero-order valence-corrected chi connectivity index (χ0v) is 14.3. The zero-order valence-electron chi connectivity index (χ0n) is 13.5. The first-order valence-electron chi connectivity index (χ1n) is 7.88. The summed E-state index contributed by atoms with van der Waals surface area (Å²) in [6.45, 7) is 1.40. The number of anilines is 1. The lowest BCUT2D eigenvalue weighted by Crippen LogP contribution is -2.24. The van der Waals surface area contributed by atoms with Crippen molar-refractivity contribution >= 4 is 15.7 Å². The average Bonchev–Trinajstić information content (AvgIpc) is 3.02. The van der Waals surface area contributed by atoms with Gasteiger partial charge < -0.3 is 9.47 Å². The first-order valence-corrected chi connectivity index (χ1v) is 9.37. The Morgan fingerprint density at radius 1 is 1.38 bits per heavy atom. The van der Waals surface area contributed by atoms with Crippen LogP contribution in [0, 0.1) is 0 Å². The van der Waals surface area contributed by atoms with Crippen molar-refractivity contribution in [1.82, 2.24) is 9.78 Å². The van der Waals surface area contributed by atoms with Crippen LogP contribution < -0.4 is 9.46 Å². The van der Waals surface area contributed by atoms with E-state index in [1.54, 1.807) is 29.1 Å². The van der Waals surface area contributed by atoms with E-state index < -0.39 is 10.0 Å². The smallest absolute Gasteiger partial charge is 0.265 e. The van der Waals surface area contributed by atoms with Crippen LogP contribution in [0.2, 0.25) is 0 Å². The lowest BCUT2D eigenvalue weighted by molar-refractivity contribution is 0.00401. The molecule has 24 heavy (non-hydrogen) atoms. The highest BCUT2D eigenvalue weighted by molar-refractivity contribution is 7.92. The van der Waals surface area contributed by atoms with E-state index in [4.69, 9.17) is 9.47 Å². The average molecular weight is 351 g/mol. The lowest BCUT2D eigenvalue weighted by Gasteiger charge is -2.22. The molecule has 1 aliphatic rings. The van der Waals surface area contributed by atoms with Gasteiger partial charge in [-0.15, -0.1) is 0 Å². The lowest BCUT2D eigenvalue weighted by atomic mass is 10.1. The van der Waals surface area contributed by atoms with Crippen LogP contribution in [0.15, 0.2) is 41.6 Å². The van der Waals surface area contributed by atoms with E-state index in [-0.39, 0.29) is 11.0 Å². The van der Waals surface area contributed by atoms with Gasteiger partial charge >= 0.3 is 0 Å². The van der Waals surface area contributed by atoms with Gasteiger partial charge in [0.2, 0.25) is 0 Å². The number of aromatic nitrogens is 2. The number of nitrogens with one attached hydrogen (secondary N) is 1. The second-order valence-corrected chi connectivity index (χ2v) is 7.35. The molecule has 1 fully saturated rings. The highest BCUT2D eigenvalue weighted by atomic mass is 32.2. The van der Waals surface area contributed by atoms with E-state index in [2.05, 4.69) is 9.82 Å². The fraction of sp³-hybridized carbons (Fsp3) is 0.438. The van der Waals surface area contributed by atoms with Crippen LogP contribution in [-0.2, 0) is 21.3 Å². The van der Waals surface area contributed by atoms with Crippen LogP contribution in [0.25, 0.3) is 0 Å². The van der Waals surface area contributed by atoms with Gasteiger partial charge in [-0.2, -0.15) is 5.10 Å². The molecule has 1 unspecified atom stereocenters. The maximum absolute atomic E-state index is 12.5. The Morgan fingerprint density at radius 2 is 2.21 bits per heavy atom. The van der Waals surface area contributed by atoms with Crippen molar-refractivity contribution in [2.75, 3.05) is 18.4 Å². The number of hydrogen-bond acceptors (Lipinski definition) is 5. The monoisotopic (exact) mass is 351 g/mol. The van der Waals surface area contributed by atoms with Crippen molar-refractivity contribution in [2.45, 2.75) is 36.8 Å². The van der Waals surface area contributed by atoms with Crippen molar-refractivity contribution in [3.05, 3.63) is 36.7 Å². The maximum Gasteiger partial charge on any atom is 0.265 e. The molecule has 3 rings (SSSR count). The number of para-hydroxylation sites is 1. The number of benzene rings is 1.